The monoisotopic (exact) mass is 432 g/mol. The molecule has 170 valence electrons. The molecule has 0 aliphatic carbocycles. The number of benzene rings is 2. The number of carbonyl (C=O) groups excluding carboxylic acids is 1. The maximum absolute atomic E-state index is 13.0. The van der Waals surface area contributed by atoms with E-state index in [4.69, 9.17) is 9.72 Å². The summed E-state index contributed by atoms with van der Waals surface area (Å²) in [4.78, 5) is 17.8. The fraction of sp³-hybridized carbons (Fsp3) is 0.429. The van der Waals surface area contributed by atoms with E-state index < -0.39 is 0 Å². The van der Waals surface area contributed by atoms with E-state index in [1.165, 1.54) is 51.4 Å². The van der Waals surface area contributed by atoms with Crippen LogP contribution < -0.4 is 10.1 Å². The number of rotatable bonds is 13. The topological polar surface area (TPSA) is 51.2 Å². The molecule has 0 spiro atoms. The average molecular weight is 433 g/mol. The number of ether oxygens (including phenoxy) is 1. The van der Waals surface area contributed by atoms with Crippen LogP contribution >= 0.6 is 0 Å². The fourth-order valence-electron chi connectivity index (χ4n) is 4.01. The summed E-state index contributed by atoms with van der Waals surface area (Å²) in [7, 11) is 1.65. The summed E-state index contributed by atoms with van der Waals surface area (Å²) in [5.74, 6) is 0.770. The van der Waals surface area contributed by atoms with Crippen molar-refractivity contribution in [2.45, 2.75) is 64.7 Å². The van der Waals surface area contributed by atoms with Crippen molar-refractivity contribution in [2.75, 3.05) is 13.7 Å². The molecule has 2 aromatic carbocycles. The second kappa shape index (κ2) is 12.8. The highest BCUT2D eigenvalue weighted by molar-refractivity contribution is 6.07. The van der Waals surface area contributed by atoms with Gasteiger partial charge in [-0.05, 0) is 42.8 Å². The largest absolute Gasteiger partial charge is 0.497 e. The molecule has 0 aliphatic rings. The van der Waals surface area contributed by atoms with Crippen LogP contribution in [0, 0.1) is 0 Å². The molecule has 4 heteroatoms. The zero-order chi connectivity index (χ0) is 22.6. The van der Waals surface area contributed by atoms with Gasteiger partial charge in [0.25, 0.3) is 5.91 Å². The molecule has 4 nitrogen and oxygen atoms in total. The minimum Gasteiger partial charge on any atom is -0.497 e. The molecule has 1 N–H and O–H groups in total. The van der Waals surface area contributed by atoms with E-state index in [1.54, 1.807) is 7.11 Å². The van der Waals surface area contributed by atoms with Crippen LogP contribution in [0.1, 0.15) is 75.1 Å². The minimum absolute atomic E-state index is 0.0297. The summed E-state index contributed by atoms with van der Waals surface area (Å²) in [5, 5.41) is 4.00. The summed E-state index contributed by atoms with van der Waals surface area (Å²) in [6, 6.07) is 17.5. The van der Waals surface area contributed by atoms with E-state index in [9.17, 15) is 4.79 Å². The first kappa shape index (κ1) is 23.8. The number of hydrogen-bond donors (Lipinski definition) is 1. The van der Waals surface area contributed by atoms with Gasteiger partial charge in [-0.1, -0.05) is 76.5 Å². The van der Waals surface area contributed by atoms with Gasteiger partial charge in [-0.25, -0.2) is 4.98 Å². The van der Waals surface area contributed by atoms with Gasteiger partial charge in [-0.2, -0.15) is 0 Å². The number of unbranched alkanes of at least 4 members (excludes halogenated alkanes) is 8. The SMILES string of the molecule is CCCCCCCCCCCNC(=O)c1cc(-c2ccc(OC)cc2)nc2ccccc12. The highest BCUT2D eigenvalue weighted by atomic mass is 16.5. The minimum atomic E-state index is -0.0297. The number of fused-ring (bicyclic) bond motifs is 1. The lowest BCUT2D eigenvalue weighted by molar-refractivity contribution is 0.0954. The van der Waals surface area contributed by atoms with E-state index >= 15 is 0 Å². The average Bonchev–Trinajstić information content (AvgIpc) is 2.84. The van der Waals surface area contributed by atoms with Gasteiger partial charge < -0.3 is 10.1 Å². The lowest BCUT2D eigenvalue weighted by Gasteiger charge is -2.11. The Labute approximate surface area is 192 Å². The molecule has 3 aromatic rings. The Bertz CT molecular complexity index is 982. The third kappa shape index (κ3) is 6.81. The van der Waals surface area contributed by atoms with Gasteiger partial charge in [-0.15, -0.1) is 0 Å². The van der Waals surface area contributed by atoms with Crippen molar-refractivity contribution in [1.29, 1.82) is 0 Å². The lowest BCUT2D eigenvalue weighted by Crippen LogP contribution is -2.24. The quantitative estimate of drug-likeness (QED) is 0.291. The van der Waals surface area contributed by atoms with Crippen molar-refractivity contribution >= 4 is 16.8 Å². The summed E-state index contributed by atoms with van der Waals surface area (Å²) in [5.41, 5.74) is 3.26. The maximum Gasteiger partial charge on any atom is 0.252 e. The molecular formula is C28H36N2O2. The van der Waals surface area contributed by atoms with Gasteiger partial charge >= 0.3 is 0 Å². The molecule has 0 saturated carbocycles. The van der Waals surface area contributed by atoms with Crippen molar-refractivity contribution in [3.8, 4) is 17.0 Å². The summed E-state index contributed by atoms with van der Waals surface area (Å²) in [6.45, 7) is 2.96. The summed E-state index contributed by atoms with van der Waals surface area (Å²) < 4.78 is 5.25. The molecule has 1 aromatic heterocycles. The molecule has 32 heavy (non-hydrogen) atoms. The van der Waals surface area contributed by atoms with E-state index in [1.807, 2.05) is 54.6 Å². The van der Waals surface area contributed by atoms with Crippen molar-refractivity contribution in [3.05, 3.63) is 60.2 Å². The third-order valence-corrected chi connectivity index (χ3v) is 5.91. The van der Waals surface area contributed by atoms with Gasteiger partial charge in [-0.3, -0.25) is 4.79 Å². The van der Waals surface area contributed by atoms with Crippen molar-refractivity contribution in [2.24, 2.45) is 0 Å². The first-order valence-electron chi connectivity index (χ1n) is 12.1. The highest BCUT2D eigenvalue weighted by Gasteiger charge is 2.13. The molecule has 1 amide bonds. The van der Waals surface area contributed by atoms with E-state index in [0.29, 0.717) is 12.1 Å². The van der Waals surface area contributed by atoms with Crippen LogP contribution in [-0.2, 0) is 0 Å². The first-order valence-corrected chi connectivity index (χ1v) is 12.1. The van der Waals surface area contributed by atoms with Gasteiger partial charge in [0.05, 0.1) is 23.9 Å². The van der Waals surface area contributed by atoms with Crippen LogP contribution in [0.2, 0.25) is 0 Å². The third-order valence-electron chi connectivity index (χ3n) is 5.91. The van der Waals surface area contributed by atoms with Crippen LogP contribution in [0.5, 0.6) is 5.75 Å². The number of carbonyl (C=O) groups is 1. The van der Waals surface area contributed by atoms with Gasteiger partial charge in [0.2, 0.25) is 0 Å². The Kier molecular flexibility index (Phi) is 9.55. The van der Waals surface area contributed by atoms with Crippen molar-refractivity contribution < 1.29 is 9.53 Å². The molecular weight excluding hydrogens is 396 g/mol. The van der Waals surface area contributed by atoms with Crippen molar-refractivity contribution in [3.63, 3.8) is 0 Å². The van der Waals surface area contributed by atoms with E-state index in [2.05, 4.69) is 12.2 Å². The molecule has 0 atom stereocenters. The number of hydrogen-bond acceptors (Lipinski definition) is 3. The predicted molar refractivity (Wildman–Crippen MR) is 133 cm³/mol. The van der Waals surface area contributed by atoms with Crippen LogP contribution in [0.25, 0.3) is 22.2 Å². The highest BCUT2D eigenvalue weighted by Crippen LogP contribution is 2.26. The van der Waals surface area contributed by atoms with Crippen LogP contribution in [0.4, 0.5) is 0 Å². The van der Waals surface area contributed by atoms with Gasteiger partial charge in [0.1, 0.15) is 5.75 Å². The first-order chi connectivity index (χ1) is 15.7. The molecule has 0 aliphatic heterocycles. The number of pyridine rings is 1. The zero-order valence-electron chi connectivity index (χ0n) is 19.5. The molecule has 0 bridgehead atoms. The van der Waals surface area contributed by atoms with E-state index in [-0.39, 0.29) is 5.91 Å². The molecule has 0 fully saturated rings. The Morgan fingerprint density at radius 3 is 2.22 bits per heavy atom. The standard InChI is InChI=1S/C28H36N2O2/c1-3-4-5-6-7-8-9-10-13-20-29-28(31)25-21-27(22-16-18-23(32-2)19-17-22)30-26-15-12-11-14-24(25)26/h11-12,14-19,21H,3-10,13,20H2,1-2H3,(H,29,31). The number of amides is 1. The Morgan fingerprint density at radius 2 is 1.53 bits per heavy atom. The lowest BCUT2D eigenvalue weighted by atomic mass is 10.0. The van der Waals surface area contributed by atoms with Crippen LogP contribution in [0.15, 0.2) is 54.6 Å². The number of para-hydroxylation sites is 1. The fourth-order valence-corrected chi connectivity index (χ4v) is 4.01. The number of aromatic nitrogens is 1. The van der Waals surface area contributed by atoms with Gasteiger partial charge in [0.15, 0.2) is 0 Å². The Morgan fingerprint density at radius 1 is 0.875 bits per heavy atom. The maximum atomic E-state index is 13.0. The van der Waals surface area contributed by atoms with Crippen molar-refractivity contribution in [1.82, 2.24) is 10.3 Å². The van der Waals surface area contributed by atoms with Crippen LogP contribution in [0.3, 0.4) is 0 Å². The molecule has 1 heterocycles. The predicted octanol–water partition coefficient (Wildman–Crippen LogP) is 7.17. The second-order valence-corrected chi connectivity index (χ2v) is 8.39. The number of methoxy groups -OCH3 is 1. The Hall–Kier alpha value is -2.88. The van der Waals surface area contributed by atoms with Gasteiger partial charge in [0, 0.05) is 17.5 Å². The summed E-state index contributed by atoms with van der Waals surface area (Å²) >= 11 is 0. The Balaban J connectivity index is 1.58. The summed E-state index contributed by atoms with van der Waals surface area (Å²) in [6.07, 6.45) is 11.5. The molecule has 0 unspecified atom stereocenters. The number of nitrogens with zero attached hydrogens (tertiary/aromatic N) is 1. The number of nitrogens with one attached hydrogen (secondary N) is 1. The molecule has 0 radical (unpaired) electrons. The normalized spacial score (nSPS) is 10.9. The smallest absolute Gasteiger partial charge is 0.252 e. The molecule has 3 rings (SSSR count). The zero-order valence-corrected chi connectivity index (χ0v) is 19.5. The molecule has 0 saturated heterocycles. The van der Waals surface area contributed by atoms with E-state index in [0.717, 1.165) is 34.3 Å². The second-order valence-electron chi connectivity index (χ2n) is 8.39. The van der Waals surface area contributed by atoms with Crippen LogP contribution in [-0.4, -0.2) is 24.5 Å².